The highest BCUT2D eigenvalue weighted by Gasteiger charge is 2.11. The molecule has 0 aliphatic carbocycles. The molecule has 0 aromatic carbocycles. The lowest BCUT2D eigenvalue weighted by Crippen LogP contribution is -2.36. The fourth-order valence-electron chi connectivity index (χ4n) is 1.55. The number of ether oxygens (including phenoxy) is 1. The van der Waals surface area contributed by atoms with Crippen molar-refractivity contribution in [2.75, 3.05) is 31.2 Å². The predicted molar refractivity (Wildman–Crippen MR) is 55.2 cm³/mol. The number of hydrogen-bond donors (Lipinski definition) is 1. The molecule has 0 radical (unpaired) electrons. The minimum atomic E-state index is 0.569. The van der Waals surface area contributed by atoms with E-state index in [1.54, 1.807) is 0 Å². The zero-order valence-corrected chi connectivity index (χ0v) is 8.15. The van der Waals surface area contributed by atoms with Crippen LogP contribution in [0.15, 0.2) is 18.3 Å². The number of morpholine rings is 1. The van der Waals surface area contributed by atoms with Gasteiger partial charge in [0.1, 0.15) is 5.82 Å². The zero-order valence-electron chi connectivity index (χ0n) is 8.15. The minimum absolute atomic E-state index is 0.569. The van der Waals surface area contributed by atoms with Gasteiger partial charge in [-0.25, -0.2) is 4.98 Å². The van der Waals surface area contributed by atoms with Gasteiger partial charge in [-0.1, -0.05) is 0 Å². The van der Waals surface area contributed by atoms with E-state index in [0.717, 1.165) is 37.7 Å². The molecule has 0 spiro atoms. The van der Waals surface area contributed by atoms with Gasteiger partial charge in [-0.2, -0.15) is 0 Å². The Bertz CT molecular complexity index is 297. The van der Waals surface area contributed by atoms with Crippen molar-refractivity contribution in [1.29, 1.82) is 0 Å². The first-order chi connectivity index (χ1) is 6.90. The largest absolute Gasteiger partial charge is 0.378 e. The Morgan fingerprint density at radius 3 is 2.93 bits per heavy atom. The second kappa shape index (κ2) is 4.39. The topological polar surface area (TPSA) is 51.4 Å². The average molecular weight is 193 g/mol. The Kier molecular flexibility index (Phi) is 2.96. The second-order valence-electron chi connectivity index (χ2n) is 3.33. The number of aromatic nitrogens is 1. The van der Waals surface area contributed by atoms with E-state index in [2.05, 4.69) is 9.88 Å². The summed E-state index contributed by atoms with van der Waals surface area (Å²) in [4.78, 5) is 6.55. The van der Waals surface area contributed by atoms with Gasteiger partial charge >= 0.3 is 0 Å². The van der Waals surface area contributed by atoms with E-state index < -0.39 is 0 Å². The molecule has 4 nitrogen and oxygen atoms in total. The highest BCUT2D eigenvalue weighted by atomic mass is 16.5. The summed E-state index contributed by atoms with van der Waals surface area (Å²) < 4.78 is 5.28. The van der Waals surface area contributed by atoms with Crippen molar-refractivity contribution in [1.82, 2.24) is 4.98 Å². The molecule has 1 fully saturated rings. The number of nitrogens with two attached hydrogens (primary N) is 1. The van der Waals surface area contributed by atoms with E-state index >= 15 is 0 Å². The number of anilines is 1. The first-order valence-electron chi connectivity index (χ1n) is 4.88. The molecule has 14 heavy (non-hydrogen) atoms. The van der Waals surface area contributed by atoms with E-state index in [1.165, 1.54) is 0 Å². The van der Waals surface area contributed by atoms with Gasteiger partial charge < -0.3 is 15.4 Å². The normalized spacial score (nSPS) is 17.1. The summed E-state index contributed by atoms with van der Waals surface area (Å²) >= 11 is 0. The maximum atomic E-state index is 5.58. The third-order valence-corrected chi connectivity index (χ3v) is 2.38. The summed E-state index contributed by atoms with van der Waals surface area (Å²) in [6, 6.07) is 4.00. The second-order valence-corrected chi connectivity index (χ2v) is 3.33. The molecule has 1 aliphatic heterocycles. The van der Waals surface area contributed by atoms with Crippen LogP contribution < -0.4 is 10.6 Å². The third-order valence-electron chi connectivity index (χ3n) is 2.38. The molecule has 2 heterocycles. The maximum Gasteiger partial charge on any atom is 0.128 e. The van der Waals surface area contributed by atoms with Crippen LogP contribution in [0, 0.1) is 0 Å². The van der Waals surface area contributed by atoms with E-state index in [0.29, 0.717) is 6.54 Å². The molecule has 0 unspecified atom stereocenters. The van der Waals surface area contributed by atoms with Crippen molar-refractivity contribution in [3.8, 4) is 0 Å². The van der Waals surface area contributed by atoms with Crippen LogP contribution in [0.3, 0.4) is 0 Å². The summed E-state index contributed by atoms with van der Waals surface area (Å²) in [6.45, 7) is 3.98. The molecule has 1 aromatic heterocycles. The third kappa shape index (κ3) is 2.02. The van der Waals surface area contributed by atoms with Crippen LogP contribution in [-0.2, 0) is 11.3 Å². The fourth-order valence-corrected chi connectivity index (χ4v) is 1.55. The Morgan fingerprint density at radius 1 is 1.43 bits per heavy atom. The molecule has 0 saturated carbocycles. The lowest BCUT2D eigenvalue weighted by molar-refractivity contribution is 0.122. The Balaban J connectivity index is 2.13. The first kappa shape index (κ1) is 9.43. The molecule has 0 bridgehead atoms. The van der Waals surface area contributed by atoms with Gasteiger partial charge in [-0.3, -0.25) is 0 Å². The quantitative estimate of drug-likeness (QED) is 0.737. The predicted octanol–water partition coefficient (Wildman–Crippen LogP) is 0.377. The Labute approximate surface area is 83.7 Å². The zero-order chi connectivity index (χ0) is 9.80. The van der Waals surface area contributed by atoms with Gasteiger partial charge in [0.05, 0.1) is 13.2 Å². The highest BCUT2D eigenvalue weighted by molar-refractivity contribution is 5.41. The molecule has 4 heteroatoms. The first-order valence-corrected chi connectivity index (χ1v) is 4.88. The Morgan fingerprint density at radius 2 is 2.21 bits per heavy atom. The van der Waals surface area contributed by atoms with Gasteiger partial charge in [0.2, 0.25) is 0 Å². The molecule has 0 atom stereocenters. The van der Waals surface area contributed by atoms with Crippen LogP contribution in [0.2, 0.25) is 0 Å². The van der Waals surface area contributed by atoms with Crippen LogP contribution in [0.5, 0.6) is 0 Å². The molecule has 2 rings (SSSR count). The number of rotatable bonds is 2. The molecule has 76 valence electrons. The lowest BCUT2D eigenvalue weighted by Gasteiger charge is -2.27. The molecule has 2 N–H and O–H groups in total. The fraction of sp³-hybridized carbons (Fsp3) is 0.500. The summed E-state index contributed by atoms with van der Waals surface area (Å²) in [5.74, 6) is 1.01. The number of nitrogens with zero attached hydrogens (tertiary/aromatic N) is 2. The number of pyridine rings is 1. The molecular formula is C10H15N3O. The van der Waals surface area contributed by atoms with Gasteiger partial charge in [0, 0.05) is 25.8 Å². The van der Waals surface area contributed by atoms with Crippen LogP contribution in [0.1, 0.15) is 5.56 Å². The summed E-state index contributed by atoms with van der Waals surface area (Å²) in [5.41, 5.74) is 6.70. The summed E-state index contributed by atoms with van der Waals surface area (Å²) in [5, 5.41) is 0. The van der Waals surface area contributed by atoms with Crippen LogP contribution in [0.25, 0.3) is 0 Å². The van der Waals surface area contributed by atoms with Gasteiger partial charge in [-0.05, 0) is 17.7 Å². The van der Waals surface area contributed by atoms with Crippen molar-refractivity contribution >= 4 is 5.82 Å². The summed E-state index contributed by atoms with van der Waals surface area (Å²) in [6.07, 6.45) is 1.81. The molecule has 1 aliphatic rings. The van der Waals surface area contributed by atoms with Crippen molar-refractivity contribution in [2.24, 2.45) is 5.73 Å². The van der Waals surface area contributed by atoms with Crippen molar-refractivity contribution < 1.29 is 4.74 Å². The minimum Gasteiger partial charge on any atom is -0.378 e. The smallest absolute Gasteiger partial charge is 0.128 e. The SMILES string of the molecule is NCc1ccnc(N2CCOCC2)c1. The number of hydrogen-bond acceptors (Lipinski definition) is 4. The molecule has 1 aromatic rings. The monoisotopic (exact) mass is 193 g/mol. The maximum absolute atomic E-state index is 5.58. The van der Waals surface area contributed by atoms with Crippen molar-refractivity contribution in [2.45, 2.75) is 6.54 Å². The van der Waals surface area contributed by atoms with Crippen LogP contribution in [-0.4, -0.2) is 31.3 Å². The molecular weight excluding hydrogens is 178 g/mol. The lowest BCUT2D eigenvalue weighted by atomic mass is 10.2. The molecule has 1 saturated heterocycles. The Hall–Kier alpha value is -1.13. The van der Waals surface area contributed by atoms with E-state index in [4.69, 9.17) is 10.5 Å². The van der Waals surface area contributed by atoms with Crippen molar-refractivity contribution in [3.05, 3.63) is 23.9 Å². The highest BCUT2D eigenvalue weighted by Crippen LogP contribution is 2.13. The van der Waals surface area contributed by atoms with Gasteiger partial charge in [-0.15, -0.1) is 0 Å². The van der Waals surface area contributed by atoms with Crippen molar-refractivity contribution in [3.63, 3.8) is 0 Å². The van der Waals surface area contributed by atoms with E-state index in [9.17, 15) is 0 Å². The van der Waals surface area contributed by atoms with Gasteiger partial charge in [0.25, 0.3) is 0 Å². The van der Waals surface area contributed by atoms with E-state index in [-0.39, 0.29) is 0 Å². The van der Waals surface area contributed by atoms with Crippen LogP contribution >= 0.6 is 0 Å². The average Bonchev–Trinajstić information content (AvgIpc) is 2.30. The van der Waals surface area contributed by atoms with Crippen LogP contribution in [0.4, 0.5) is 5.82 Å². The standard InChI is InChI=1S/C10H15N3O/c11-8-9-1-2-12-10(7-9)13-3-5-14-6-4-13/h1-2,7H,3-6,8,11H2. The summed E-state index contributed by atoms with van der Waals surface area (Å²) in [7, 11) is 0. The molecule has 0 amide bonds. The van der Waals surface area contributed by atoms with E-state index in [1.807, 2.05) is 18.3 Å². The van der Waals surface area contributed by atoms with Gasteiger partial charge in [0.15, 0.2) is 0 Å².